The highest BCUT2D eigenvalue weighted by molar-refractivity contribution is 5.65. The molecule has 0 bridgehead atoms. The van der Waals surface area contributed by atoms with Crippen molar-refractivity contribution in [3.8, 4) is 11.3 Å². The number of rotatable bonds is 2. The number of nitrogens with two attached hydrogens (primary N) is 1. The molecule has 1 aromatic heterocycles. The predicted octanol–water partition coefficient (Wildman–Crippen LogP) is 4.08. The molecule has 0 amide bonds. The van der Waals surface area contributed by atoms with E-state index in [0.29, 0.717) is 44.3 Å². The van der Waals surface area contributed by atoms with Gasteiger partial charge in [-0.15, -0.1) is 0 Å². The number of aromatic amines is 1. The number of nitrogens with zero attached hydrogens (tertiary/aromatic N) is 1. The van der Waals surface area contributed by atoms with Gasteiger partial charge in [0.25, 0.3) is 0 Å². The SMILES string of the molecule is NC1(c2nc(-c3cc(C(F)(F)F)ccc3C(F)(F)F)c[nH]2)CCOCC1. The van der Waals surface area contributed by atoms with E-state index < -0.39 is 34.6 Å². The molecule has 0 unspecified atom stereocenters. The van der Waals surface area contributed by atoms with Crippen LogP contribution < -0.4 is 5.73 Å². The molecule has 1 aliphatic heterocycles. The predicted molar refractivity (Wildman–Crippen MR) is 79.9 cm³/mol. The molecule has 0 aliphatic carbocycles. The van der Waals surface area contributed by atoms with Gasteiger partial charge in [-0.1, -0.05) is 0 Å². The lowest BCUT2D eigenvalue weighted by molar-refractivity contribution is -0.141. The fraction of sp³-hybridized carbons (Fsp3) is 0.438. The normalized spacial score (nSPS) is 18.1. The smallest absolute Gasteiger partial charge is 0.381 e. The molecule has 1 saturated heterocycles. The van der Waals surface area contributed by atoms with Crippen LogP contribution in [0.5, 0.6) is 0 Å². The lowest BCUT2D eigenvalue weighted by atomic mass is 9.90. The fourth-order valence-electron chi connectivity index (χ4n) is 2.87. The third kappa shape index (κ3) is 3.56. The number of hydrogen-bond donors (Lipinski definition) is 2. The van der Waals surface area contributed by atoms with E-state index in [2.05, 4.69) is 9.97 Å². The number of alkyl halides is 6. The molecule has 2 heterocycles. The van der Waals surface area contributed by atoms with Crippen molar-refractivity contribution in [1.29, 1.82) is 0 Å². The summed E-state index contributed by atoms with van der Waals surface area (Å²) in [6, 6.07) is 1.28. The summed E-state index contributed by atoms with van der Waals surface area (Å²) in [6.07, 6.45) is -7.65. The van der Waals surface area contributed by atoms with Gasteiger partial charge in [0.2, 0.25) is 0 Å². The summed E-state index contributed by atoms with van der Waals surface area (Å²) in [5.41, 5.74) is 2.04. The van der Waals surface area contributed by atoms with Gasteiger partial charge in [0.05, 0.1) is 22.4 Å². The van der Waals surface area contributed by atoms with Gasteiger partial charge in [-0.3, -0.25) is 0 Å². The average Bonchev–Trinajstić information content (AvgIpc) is 3.04. The van der Waals surface area contributed by atoms with Crippen LogP contribution in [0.4, 0.5) is 26.3 Å². The van der Waals surface area contributed by atoms with Gasteiger partial charge in [-0.05, 0) is 31.0 Å². The molecule has 2 aromatic rings. The van der Waals surface area contributed by atoms with Gasteiger partial charge >= 0.3 is 12.4 Å². The van der Waals surface area contributed by atoms with Gasteiger partial charge in [0.15, 0.2) is 0 Å². The maximum Gasteiger partial charge on any atom is 0.417 e. The van der Waals surface area contributed by atoms with Crippen LogP contribution in [0.3, 0.4) is 0 Å². The molecule has 0 radical (unpaired) electrons. The van der Waals surface area contributed by atoms with Gasteiger partial charge in [-0.25, -0.2) is 4.98 Å². The van der Waals surface area contributed by atoms with E-state index in [1.54, 1.807) is 0 Å². The molecule has 1 fully saturated rings. The summed E-state index contributed by atoms with van der Waals surface area (Å²) >= 11 is 0. The lowest BCUT2D eigenvalue weighted by Gasteiger charge is -2.31. The largest absolute Gasteiger partial charge is 0.417 e. The summed E-state index contributed by atoms with van der Waals surface area (Å²) in [5, 5.41) is 0. The van der Waals surface area contributed by atoms with Crippen molar-refractivity contribution in [2.75, 3.05) is 13.2 Å². The number of nitrogens with one attached hydrogen (secondary N) is 1. The minimum absolute atomic E-state index is 0.223. The monoisotopic (exact) mass is 379 g/mol. The second-order valence-electron chi connectivity index (χ2n) is 6.16. The molecule has 142 valence electrons. The first-order valence-corrected chi connectivity index (χ1v) is 7.72. The van der Waals surface area contributed by atoms with Crippen molar-refractivity contribution >= 4 is 0 Å². The first kappa shape index (κ1) is 18.7. The molecule has 0 atom stereocenters. The Balaban J connectivity index is 2.08. The molecule has 0 spiro atoms. The maximum absolute atomic E-state index is 13.2. The van der Waals surface area contributed by atoms with E-state index in [1.807, 2.05) is 0 Å². The summed E-state index contributed by atoms with van der Waals surface area (Å²) in [7, 11) is 0. The van der Waals surface area contributed by atoms with Crippen LogP contribution >= 0.6 is 0 Å². The van der Waals surface area contributed by atoms with Crippen molar-refractivity contribution in [3.05, 3.63) is 41.3 Å². The highest BCUT2D eigenvalue weighted by atomic mass is 19.4. The topological polar surface area (TPSA) is 63.9 Å². The van der Waals surface area contributed by atoms with Crippen molar-refractivity contribution in [1.82, 2.24) is 9.97 Å². The zero-order valence-corrected chi connectivity index (χ0v) is 13.3. The molecule has 26 heavy (non-hydrogen) atoms. The summed E-state index contributed by atoms with van der Waals surface area (Å²) in [5.74, 6) is 0.223. The summed E-state index contributed by atoms with van der Waals surface area (Å²) < 4.78 is 83.7. The molecular formula is C16H15F6N3O. The van der Waals surface area contributed by atoms with E-state index >= 15 is 0 Å². The number of halogens is 6. The number of hydrogen-bond acceptors (Lipinski definition) is 3. The van der Waals surface area contributed by atoms with E-state index in [-0.39, 0.29) is 11.5 Å². The van der Waals surface area contributed by atoms with Crippen LogP contribution in [0, 0.1) is 0 Å². The Morgan fingerprint density at radius 3 is 2.27 bits per heavy atom. The minimum Gasteiger partial charge on any atom is -0.381 e. The van der Waals surface area contributed by atoms with Gasteiger partial charge in [0, 0.05) is 25.0 Å². The molecule has 10 heteroatoms. The van der Waals surface area contributed by atoms with Crippen molar-refractivity contribution < 1.29 is 31.1 Å². The number of aromatic nitrogens is 2. The number of benzene rings is 1. The van der Waals surface area contributed by atoms with E-state index in [1.165, 1.54) is 0 Å². The van der Waals surface area contributed by atoms with E-state index in [4.69, 9.17) is 10.5 Å². The van der Waals surface area contributed by atoms with E-state index in [0.717, 1.165) is 6.20 Å². The van der Waals surface area contributed by atoms with Crippen LogP contribution in [-0.2, 0) is 22.6 Å². The van der Waals surface area contributed by atoms with Crippen LogP contribution in [0.1, 0.15) is 29.8 Å². The maximum atomic E-state index is 13.2. The van der Waals surface area contributed by atoms with Crippen LogP contribution in [0.2, 0.25) is 0 Å². The summed E-state index contributed by atoms with van der Waals surface area (Å²) in [6.45, 7) is 0.730. The number of ether oxygens (including phenoxy) is 1. The molecule has 1 aromatic carbocycles. The molecular weight excluding hydrogens is 364 g/mol. The zero-order chi connectivity index (χ0) is 19.2. The molecule has 3 N–H and O–H groups in total. The van der Waals surface area contributed by atoms with Gasteiger partial charge < -0.3 is 15.5 Å². The zero-order valence-electron chi connectivity index (χ0n) is 13.3. The molecule has 4 nitrogen and oxygen atoms in total. The van der Waals surface area contributed by atoms with Gasteiger partial charge in [-0.2, -0.15) is 26.3 Å². The average molecular weight is 379 g/mol. The first-order valence-electron chi connectivity index (χ1n) is 7.72. The number of H-pyrrole nitrogens is 1. The second-order valence-corrected chi connectivity index (χ2v) is 6.16. The minimum atomic E-state index is -4.82. The third-order valence-electron chi connectivity index (χ3n) is 4.36. The Bertz CT molecular complexity index is 790. The fourth-order valence-corrected chi connectivity index (χ4v) is 2.87. The Morgan fingerprint density at radius 1 is 1.04 bits per heavy atom. The number of imidazole rings is 1. The molecule has 1 aliphatic rings. The van der Waals surface area contributed by atoms with Crippen molar-refractivity contribution in [3.63, 3.8) is 0 Å². The molecule has 0 saturated carbocycles. The molecule has 3 rings (SSSR count). The standard InChI is InChI=1S/C16H15F6N3O/c17-15(18,19)9-1-2-11(16(20,21)22)10(7-9)12-8-24-13(25-12)14(23)3-5-26-6-4-14/h1-2,7-8H,3-6,23H2,(H,24,25). The Hall–Kier alpha value is -2.07. The first-order chi connectivity index (χ1) is 12.0. The lowest BCUT2D eigenvalue weighted by Crippen LogP contribution is -2.43. The highest BCUT2D eigenvalue weighted by Crippen LogP contribution is 2.40. The Kier molecular flexibility index (Phi) is 4.51. The Labute approximate surface area is 144 Å². The van der Waals surface area contributed by atoms with Crippen molar-refractivity contribution in [2.24, 2.45) is 5.73 Å². The van der Waals surface area contributed by atoms with Crippen LogP contribution in [-0.4, -0.2) is 23.2 Å². The van der Waals surface area contributed by atoms with Crippen molar-refractivity contribution in [2.45, 2.75) is 30.7 Å². The van der Waals surface area contributed by atoms with Gasteiger partial charge in [0.1, 0.15) is 5.82 Å². The third-order valence-corrected chi connectivity index (χ3v) is 4.36. The highest BCUT2D eigenvalue weighted by Gasteiger charge is 2.39. The quantitative estimate of drug-likeness (QED) is 0.773. The Morgan fingerprint density at radius 2 is 1.69 bits per heavy atom. The summed E-state index contributed by atoms with van der Waals surface area (Å²) in [4.78, 5) is 6.78. The van der Waals surface area contributed by atoms with E-state index in [9.17, 15) is 26.3 Å². The van der Waals surface area contributed by atoms with Crippen LogP contribution in [0.15, 0.2) is 24.4 Å². The second kappa shape index (κ2) is 6.27. The van der Waals surface area contributed by atoms with Crippen LogP contribution in [0.25, 0.3) is 11.3 Å².